The summed E-state index contributed by atoms with van der Waals surface area (Å²) in [4.78, 5) is 2.48. The molecule has 0 saturated heterocycles. The van der Waals surface area contributed by atoms with Gasteiger partial charge < -0.3 is 10.6 Å². The second-order valence-electron chi connectivity index (χ2n) is 6.06. The predicted molar refractivity (Wildman–Crippen MR) is 88.2 cm³/mol. The molecule has 0 atom stereocenters. The number of hydrogen-bond donors (Lipinski definition) is 1. The highest BCUT2D eigenvalue weighted by atomic mass is 15.4. The molecule has 2 N–H and O–H groups in total. The second-order valence-corrected chi connectivity index (χ2v) is 6.06. The van der Waals surface area contributed by atoms with Gasteiger partial charge in [0, 0.05) is 19.1 Å². The summed E-state index contributed by atoms with van der Waals surface area (Å²) >= 11 is 0. The van der Waals surface area contributed by atoms with Crippen molar-refractivity contribution in [2.45, 2.75) is 73.4 Å². The largest absolute Gasteiger partial charge is 0.394 e. The highest BCUT2D eigenvalue weighted by Crippen LogP contribution is 2.30. The van der Waals surface area contributed by atoms with Crippen LogP contribution in [0, 0.1) is 12.8 Å². The molecular weight excluding hydrogens is 248 g/mol. The molecule has 0 radical (unpaired) electrons. The number of anilines is 2. The molecule has 0 bridgehead atoms. The van der Waals surface area contributed by atoms with E-state index in [1.54, 1.807) is 0 Å². The molecule has 1 rings (SSSR count). The van der Waals surface area contributed by atoms with E-state index in [9.17, 15) is 0 Å². The zero-order valence-corrected chi connectivity index (χ0v) is 14.1. The van der Waals surface area contributed by atoms with Crippen LogP contribution in [0.15, 0.2) is 0 Å². The van der Waals surface area contributed by atoms with Crippen molar-refractivity contribution in [3.8, 4) is 0 Å². The van der Waals surface area contributed by atoms with E-state index in [-0.39, 0.29) is 0 Å². The van der Waals surface area contributed by atoms with Crippen LogP contribution in [0.4, 0.5) is 11.5 Å². The number of nitrogens with zero attached hydrogens (tertiary/aromatic N) is 3. The van der Waals surface area contributed by atoms with Crippen molar-refractivity contribution < 1.29 is 0 Å². The molecule has 0 amide bonds. The van der Waals surface area contributed by atoms with Gasteiger partial charge in [-0.2, -0.15) is 5.10 Å². The van der Waals surface area contributed by atoms with Crippen molar-refractivity contribution in [3.63, 3.8) is 0 Å². The van der Waals surface area contributed by atoms with Gasteiger partial charge in [0.25, 0.3) is 0 Å². The Hall–Kier alpha value is -1.19. The molecule has 0 aliphatic heterocycles. The van der Waals surface area contributed by atoms with E-state index in [0.717, 1.165) is 49.6 Å². The molecule has 1 aromatic heterocycles. The fourth-order valence-corrected chi connectivity index (χ4v) is 2.79. The van der Waals surface area contributed by atoms with Gasteiger partial charge in [0.15, 0.2) is 5.82 Å². The molecule has 20 heavy (non-hydrogen) atoms. The van der Waals surface area contributed by atoms with Crippen LogP contribution in [0.1, 0.15) is 59.6 Å². The molecule has 0 saturated carbocycles. The molecule has 1 heterocycles. The predicted octanol–water partition coefficient (Wildman–Crippen LogP) is 3.83. The van der Waals surface area contributed by atoms with Gasteiger partial charge in [0.1, 0.15) is 0 Å². The van der Waals surface area contributed by atoms with E-state index in [2.05, 4.69) is 49.3 Å². The number of nitrogen functional groups attached to an aromatic ring is 1. The van der Waals surface area contributed by atoms with Gasteiger partial charge in [-0.1, -0.05) is 34.6 Å². The minimum atomic E-state index is 0.534. The van der Waals surface area contributed by atoms with Gasteiger partial charge in [-0.3, -0.25) is 0 Å². The SMILES string of the molecule is CCCn1nc(C)c(N)c1N(CC(C)C)C(CC)CC. The molecule has 0 aromatic carbocycles. The minimum Gasteiger partial charge on any atom is -0.394 e. The molecule has 0 aliphatic rings. The first-order valence-electron chi connectivity index (χ1n) is 8.05. The van der Waals surface area contributed by atoms with Gasteiger partial charge in [0.2, 0.25) is 0 Å². The van der Waals surface area contributed by atoms with E-state index in [4.69, 9.17) is 5.73 Å². The highest BCUT2D eigenvalue weighted by molar-refractivity contribution is 5.66. The van der Waals surface area contributed by atoms with Crippen molar-refractivity contribution in [3.05, 3.63) is 5.69 Å². The topological polar surface area (TPSA) is 47.1 Å². The van der Waals surface area contributed by atoms with E-state index in [0.29, 0.717) is 12.0 Å². The van der Waals surface area contributed by atoms with Crippen molar-refractivity contribution in [2.75, 3.05) is 17.2 Å². The maximum absolute atomic E-state index is 6.33. The van der Waals surface area contributed by atoms with Gasteiger partial charge >= 0.3 is 0 Å². The Morgan fingerprint density at radius 3 is 2.25 bits per heavy atom. The van der Waals surface area contributed by atoms with Crippen molar-refractivity contribution >= 4 is 11.5 Å². The molecule has 116 valence electrons. The zero-order chi connectivity index (χ0) is 15.3. The Morgan fingerprint density at radius 1 is 1.20 bits per heavy atom. The fourth-order valence-electron chi connectivity index (χ4n) is 2.79. The number of nitrogens with two attached hydrogens (primary N) is 1. The Labute approximate surface area is 124 Å². The van der Waals surface area contributed by atoms with E-state index >= 15 is 0 Å². The average molecular weight is 280 g/mol. The summed E-state index contributed by atoms with van der Waals surface area (Å²) in [6.07, 6.45) is 3.35. The number of hydrogen-bond acceptors (Lipinski definition) is 3. The quantitative estimate of drug-likeness (QED) is 0.787. The lowest BCUT2D eigenvalue weighted by atomic mass is 10.1. The van der Waals surface area contributed by atoms with Gasteiger partial charge in [-0.15, -0.1) is 0 Å². The summed E-state index contributed by atoms with van der Waals surface area (Å²) in [5.74, 6) is 1.74. The van der Waals surface area contributed by atoms with Crippen LogP contribution in [0.2, 0.25) is 0 Å². The van der Waals surface area contributed by atoms with Crippen LogP contribution in [-0.4, -0.2) is 22.4 Å². The lowest BCUT2D eigenvalue weighted by Crippen LogP contribution is -2.39. The van der Waals surface area contributed by atoms with E-state index in [1.165, 1.54) is 0 Å². The highest BCUT2D eigenvalue weighted by Gasteiger charge is 2.24. The normalized spacial score (nSPS) is 11.6. The van der Waals surface area contributed by atoms with Crippen LogP contribution in [-0.2, 0) is 6.54 Å². The summed E-state index contributed by atoms with van der Waals surface area (Å²) < 4.78 is 2.10. The first-order valence-corrected chi connectivity index (χ1v) is 8.05. The maximum atomic E-state index is 6.33. The molecule has 0 spiro atoms. The third-order valence-electron chi connectivity index (χ3n) is 3.80. The summed E-state index contributed by atoms with van der Waals surface area (Å²) in [5, 5.41) is 4.63. The Morgan fingerprint density at radius 2 is 1.80 bits per heavy atom. The van der Waals surface area contributed by atoms with Crippen LogP contribution >= 0.6 is 0 Å². The van der Waals surface area contributed by atoms with Crippen LogP contribution in [0.5, 0.6) is 0 Å². The minimum absolute atomic E-state index is 0.534. The van der Waals surface area contributed by atoms with E-state index < -0.39 is 0 Å². The lowest BCUT2D eigenvalue weighted by Gasteiger charge is -2.34. The molecular formula is C16H32N4. The monoisotopic (exact) mass is 280 g/mol. The van der Waals surface area contributed by atoms with Gasteiger partial charge in [-0.05, 0) is 32.1 Å². The molecule has 4 heteroatoms. The fraction of sp³-hybridized carbons (Fsp3) is 0.812. The Balaban J connectivity index is 3.24. The number of rotatable bonds is 8. The van der Waals surface area contributed by atoms with Crippen molar-refractivity contribution in [1.82, 2.24) is 9.78 Å². The van der Waals surface area contributed by atoms with Gasteiger partial charge in [0.05, 0.1) is 11.4 Å². The summed E-state index contributed by atoms with van der Waals surface area (Å²) in [5.41, 5.74) is 8.14. The van der Waals surface area contributed by atoms with E-state index in [1.807, 2.05) is 6.92 Å². The smallest absolute Gasteiger partial charge is 0.150 e. The van der Waals surface area contributed by atoms with Crippen LogP contribution < -0.4 is 10.6 Å². The maximum Gasteiger partial charge on any atom is 0.150 e. The first kappa shape index (κ1) is 16.9. The third-order valence-corrected chi connectivity index (χ3v) is 3.80. The molecule has 0 unspecified atom stereocenters. The average Bonchev–Trinajstić information content (AvgIpc) is 2.65. The molecule has 0 aliphatic carbocycles. The summed E-state index contributed by atoms with van der Waals surface area (Å²) in [7, 11) is 0. The Kier molecular flexibility index (Phi) is 6.37. The standard InChI is InChI=1S/C16H32N4/c1-7-10-20-16(15(17)13(6)18-20)19(11-12(4)5)14(8-2)9-3/h12,14H,7-11,17H2,1-6H3. The van der Waals surface area contributed by atoms with Crippen LogP contribution in [0.25, 0.3) is 0 Å². The number of aromatic nitrogens is 2. The van der Waals surface area contributed by atoms with Crippen molar-refractivity contribution in [1.29, 1.82) is 0 Å². The summed E-state index contributed by atoms with van der Waals surface area (Å²) in [6, 6.07) is 0.534. The molecule has 0 fully saturated rings. The molecule has 4 nitrogen and oxygen atoms in total. The number of aryl methyl sites for hydroxylation is 2. The molecule has 1 aromatic rings. The lowest BCUT2D eigenvalue weighted by molar-refractivity contribution is 0.483. The second kappa shape index (κ2) is 7.55. The Bertz CT molecular complexity index is 405. The summed E-state index contributed by atoms with van der Waals surface area (Å²) in [6.45, 7) is 15.2. The van der Waals surface area contributed by atoms with Gasteiger partial charge in [-0.25, -0.2) is 4.68 Å². The zero-order valence-electron chi connectivity index (χ0n) is 14.1. The van der Waals surface area contributed by atoms with Crippen molar-refractivity contribution in [2.24, 2.45) is 5.92 Å². The third kappa shape index (κ3) is 3.68. The first-order chi connectivity index (χ1) is 9.46. The van der Waals surface area contributed by atoms with Crippen LogP contribution in [0.3, 0.4) is 0 Å².